The van der Waals surface area contributed by atoms with Gasteiger partial charge < -0.3 is 4.74 Å². The van der Waals surface area contributed by atoms with Crippen LogP contribution in [0.5, 0.6) is 0 Å². The molecular weight excluding hydrogens is 396 g/mol. The lowest BCUT2D eigenvalue weighted by atomic mass is 10.2. The topological polar surface area (TPSA) is 77.3 Å². The number of sulfonamides is 1. The van der Waals surface area contributed by atoms with Gasteiger partial charge in [-0.2, -0.15) is 4.31 Å². The van der Waals surface area contributed by atoms with Crippen molar-refractivity contribution in [2.24, 2.45) is 0 Å². The van der Waals surface area contributed by atoms with E-state index in [1.807, 2.05) is 41.0 Å². The van der Waals surface area contributed by atoms with E-state index in [4.69, 9.17) is 4.74 Å². The lowest BCUT2D eigenvalue weighted by Gasteiger charge is -2.26. The molecule has 7 nitrogen and oxygen atoms in total. The zero-order valence-electron chi connectivity index (χ0n) is 15.1. The molecule has 0 radical (unpaired) electrons. The zero-order valence-corrected chi connectivity index (χ0v) is 16.8. The number of thioether (sulfide) groups is 1. The van der Waals surface area contributed by atoms with E-state index in [1.54, 1.807) is 24.5 Å². The third kappa shape index (κ3) is 4.12. The Morgan fingerprint density at radius 1 is 1.04 bits per heavy atom. The van der Waals surface area contributed by atoms with Gasteiger partial charge in [-0.1, -0.05) is 42.1 Å². The standard InChI is InChI=1S/C19H20N4O3S2/c24-28(25,22-9-11-26-12-10-22)18-8-4-5-16(13-18)14-27-19-21-20-15-23(19)17-6-2-1-3-7-17/h1-8,13,15H,9-12,14H2. The van der Waals surface area contributed by atoms with Crippen molar-refractivity contribution >= 4 is 21.8 Å². The minimum absolute atomic E-state index is 0.317. The summed E-state index contributed by atoms with van der Waals surface area (Å²) in [5.41, 5.74) is 1.90. The number of aromatic nitrogens is 3. The number of morpholine rings is 1. The van der Waals surface area contributed by atoms with Crippen LogP contribution in [0.15, 0.2) is 71.0 Å². The molecule has 9 heteroatoms. The highest BCUT2D eigenvalue weighted by Gasteiger charge is 2.26. The number of hydrogen-bond donors (Lipinski definition) is 0. The van der Waals surface area contributed by atoms with E-state index in [1.165, 1.54) is 16.1 Å². The smallest absolute Gasteiger partial charge is 0.243 e. The first kappa shape index (κ1) is 19.1. The molecule has 0 N–H and O–H groups in total. The minimum Gasteiger partial charge on any atom is -0.379 e. The van der Waals surface area contributed by atoms with E-state index in [2.05, 4.69) is 10.2 Å². The molecule has 28 heavy (non-hydrogen) atoms. The lowest BCUT2D eigenvalue weighted by Crippen LogP contribution is -2.40. The maximum atomic E-state index is 12.8. The van der Waals surface area contributed by atoms with Crippen LogP contribution in [-0.2, 0) is 20.5 Å². The fourth-order valence-electron chi connectivity index (χ4n) is 2.97. The second-order valence-electron chi connectivity index (χ2n) is 6.27. The van der Waals surface area contributed by atoms with Crippen molar-refractivity contribution in [2.75, 3.05) is 26.3 Å². The number of hydrogen-bond acceptors (Lipinski definition) is 6. The minimum atomic E-state index is -3.50. The molecular formula is C19H20N4O3S2. The van der Waals surface area contributed by atoms with Gasteiger partial charge in [0, 0.05) is 24.5 Å². The van der Waals surface area contributed by atoms with E-state index < -0.39 is 10.0 Å². The van der Waals surface area contributed by atoms with Crippen LogP contribution >= 0.6 is 11.8 Å². The van der Waals surface area contributed by atoms with Crippen LogP contribution in [0.1, 0.15) is 5.56 Å². The van der Waals surface area contributed by atoms with Crippen LogP contribution < -0.4 is 0 Å². The lowest BCUT2D eigenvalue weighted by molar-refractivity contribution is 0.0730. The van der Waals surface area contributed by atoms with Gasteiger partial charge in [0.2, 0.25) is 10.0 Å². The number of para-hydroxylation sites is 1. The summed E-state index contributed by atoms with van der Waals surface area (Å²) in [5, 5.41) is 8.95. The van der Waals surface area contributed by atoms with Crippen molar-refractivity contribution in [1.82, 2.24) is 19.1 Å². The van der Waals surface area contributed by atoms with Crippen LogP contribution in [-0.4, -0.2) is 53.8 Å². The highest BCUT2D eigenvalue weighted by Crippen LogP contribution is 2.25. The van der Waals surface area contributed by atoms with Crippen molar-refractivity contribution in [1.29, 1.82) is 0 Å². The SMILES string of the molecule is O=S(=O)(c1cccc(CSc2nncn2-c2ccccc2)c1)N1CCOCC1. The highest BCUT2D eigenvalue weighted by molar-refractivity contribution is 7.98. The van der Waals surface area contributed by atoms with Crippen LogP contribution in [0.2, 0.25) is 0 Å². The summed E-state index contributed by atoms with van der Waals surface area (Å²) in [4.78, 5) is 0.317. The molecule has 1 aromatic heterocycles. The zero-order chi connectivity index (χ0) is 19.4. The molecule has 0 bridgehead atoms. The largest absolute Gasteiger partial charge is 0.379 e. The van der Waals surface area contributed by atoms with Gasteiger partial charge in [-0.25, -0.2) is 8.42 Å². The molecule has 3 aromatic rings. The Bertz CT molecular complexity index is 1030. The Labute approximate surface area is 168 Å². The molecule has 2 heterocycles. The molecule has 1 aliphatic heterocycles. The Morgan fingerprint density at radius 3 is 2.61 bits per heavy atom. The van der Waals surface area contributed by atoms with E-state index in [-0.39, 0.29) is 0 Å². The molecule has 1 saturated heterocycles. The molecule has 2 aromatic carbocycles. The van der Waals surface area contributed by atoms with Crippen molar-refractivity contribution in [3.63, 3.8) is 0 Å². The fraction of sp³-hybridized carbons (Fsp3) is 0.263. The Morgan fingerprint density at radius 2 is 1.82 bits per heavy atom. The van der Waals surface area contributed by atoms with Crippen molar-refractivity contribution in [2.45, 2.75) is 15.8 Å². The second kappa shape index (κ2) is 8.44. The molecule has 0 amide bonds. The van der Waals surface area contributed by atoms with Crippen molar-refractivity contribution < 1.29 is 13.2 Å². The van der Waals surface area contributed by atoms with Gasteiger partial charge in [0.25, 0.3) is 0 Å². The molecule has 0 spiro atoms. The molecule has 4 rings (SSSR count). The summed E-state index contributed by atoms with van der Waals surface area (Å²) in [6.07, 6.45) is 1.68. The second-order valence-corrected chi connectivity index (χ2v) is 9.15. The Balaban J connectivity index is 1.50. The molecule has 146 valence electrons. The Kier molecular flexibility index (Phi) is 5.77. The Hall–Kier alpha value is -2.20. The average molecular weight is 417 g/mol. The molecule has 0 saturated carbocycles. The number of benzene rings is 2. The quantitative estimate of drug-likeness (QED) is 0.575. The predicted octanol–water partition coefficient (Wildman–Crippen LogP) is 2.58. The molecule has 0 aliphatic carbocycles. The van der Waals surface area contributed by atoms with E-state index in [0.29, 0.717) is 37.0 Å². The summed E-state index contributed by atoms with van der Waals surface area (Å²) < 4.78 is 34.4. The van der Waals surface area contributed by atoms with Gasteiger partial charge >= 0.3 is 0 Å². The molecule has 0 atom stereocenters. The van der Waals surface area contributed by atoms with E-state index >= 15 is 0 Å². The van der Waals surface area contributed by atoms with Gasteiger partial charge in [0.15, 0.2) is 5.16 Å². The van der Waals surface area contributed by atoms with Crippen molar-refractivity contribution in [3.8, 4) is 5.69 Å². The van der Waals surface area contributed by atoms with Gasteiger partial charge in [0.05, 0.1) is 18.1 Å². The van der Waals surface area contributed by atoms with Crippen molar-refractivity contribution in [3.05, 3.63) is 66.5 Å². The van der Waals surface area contributed by atoms with Gasteiger partial charge in [-0.3, -0.25) is 4.57 Å². The third-order valence-corrected chi connectivity index (χ3v) is 7.33. The summed E-state index contributed by atoms with van der Waals surface area (Å²) in [5.74, 6) is 0.595. The van der Waals surface area contributed by atoms with Gasteiger partial charge in [-0.15, -0.1) is 10.2 Å². The molecule has 1 aliphatic rings. The van der Waals surface area contributed by atoms with Crippen LogP contribution in [0, 0.1) is 0 Å². The molecule has 0 unspecified atom stereocenters. The van der Waals surface area contributed by atoms with Crippen LogP contribution in [0.3, 0.4) is 0 Å². The summed E-state index contributed by atoms with van der Waals surface area (Å²) in [7, 11) is -3.50. The summed E-state index contributed by atoms with van der Waals surface area (Å²) >= 11 is 1.52. The van der Waals surface area contributed by atoms with Crippen LogP contribution in [0.25, 0.3) is 5.69 Å². The number of nitrogens with zero attached hydrogens (tertiary/aromatic N) is 4. The highest BCUT2D eigenvalue weighted by atomic mass is 32.2. The third-order valence-electron chi connectivity index (χ3n) is 4.43. The maximum absolute atomic E-state index is 12.8. The average Bonchev–Trinajstić information content (AvgIpc) is 3.22. The number of ether oxygens (including phenoxy) is 1. The normalized spacial score (nSPS) is 15.6. The van der Waals surface area contributed by atoms with Gasteiger partial charge in [-0.05, 0) is 29.8 Å². The van der Waals surface area contributed by atoms with E-state index in [9.17, 15) is 8.42 Å². The number of rotatable bonds is 6. The predicted molar refractivity (Wildman–Crippen MR) is 107 cm³/mol. The first-order valence-corrected chi connectivity index (χ1v) is 11.3. The first-order valence-electron chi connectivity index (χ1n) is 8.90. The summed E-state index contributed by atoms with van der Waals surface area (Å²) in [6, 6.07) is 17.0. The first-order chi connectivity index (χ1) is 13.6. The monoisotopic (exact) mass is 416 g/mol. The maximum Gasteiger partial charge on any atom is 0.243 e. The van der Waals surface area contributed by atoms with Gasteiger partial charge in [0.1, 0.15) is 6.33 Å². The summed E-state index contributed by atoms with van der Waals surface area (Å²) in [6.45, 7) is 1.65. The van der Waals surface area contributed by atoms with E-state index in [0.717, 1.165) is 16.4 Å². The molecule has 1 fully saturated rings. The van der Waals surface area contributed by atoms with Crippen LogP contribution in [0.4, 0.5) is 0 Å². The fourth-order valence-corrected chi connectivity index (χ4v) is 5.32.